The molecule has 0 bridgehead atoms. The van der Waals surface area contributed by atoms with Crippen molar-refractivity contribution in [3.8, 4) is 12.1 Å². The molecule has 0 aliphatic heterocycles. The van der Waals surface area contributed by atoms with Crippen LogP contribution in [0.5, 0.6) is 0 Å². The summed E-state index contributed by atoms with van der Waals surface area (Å²) in [6.45, 7) is 10.9. The number of benzene rings is 1. The van der Waals surface area contributed by atoms with Crippen molar-refractivity contribution < 1.29 is 9.53 Å². The number of hydrogen-bond acceptors (Lipinski definition) is 4. The molecule has 0 heterocycles. The molecule has 0 spiro atoms. The number of nitrogens with zero attached hydrogens (tertiary/aromatic N) is 2. The SMILES string of the molecule is CC(C)(C)OC(=O)[C@](C#N)(Cc1ccccc1)[C@@H](C#N)C(C)(C)C. The number of carbonyl (C=O) groups excluding carboxylic acids is 1. The molecule has 1 rings (SSSR count). The van der Waals surface area contributed by atoms with Crippen LogP contribution in [0.4, 0.5) is 0 Å². The molecule has 0 aromatic heterocycles. The molecule has 0 saturated carbocycles. The fourth-order valence-electron chi connectivity index (χ4n) is 2.77. The highest BCUT2D eigenvalue weighted by atomic mass is 16.6. The molecule has 2 atom stereocenters. The molecule has 0 unspecified atom stereocenters. The smallest absolute Gasteiger partial charge is 0.328 e. The summed E-state index contributed by atoms with van der Waals surface area (Å²) in [4.78, 5) is 13.0. The Hall–Kier alpha value is -2.33. The first kappa shape index (κ1) is 19.7. The molecule has 4 heteroatoms. The molecule has 0 radical (unpaired) electrons. The maximum absolute atomic E-state index is 13.0. The highest BCUT2D eigenvalue weighted by Crippen LogP contribution is 2.43. The minimum Gasteiger partial charge on any atom is -0.459 e. The maximum atomic E-state index is 13.0. The van der Waals surface area contributed by atoms with Crippen LogP contribution in [0, 0.1) is 39.4 Å². The lowest BCUT2D eigenvalue weighted by Crippen LogP contribution is -2.47. The van der Waals surface area contributed by atoms with Gasteiger partial charge in [0, 0.05) is 6.42 Å². The minimum atomic E-state index is -1.55. The van der Waals surface area contributed by atoms with Gasteiger partial charge in [0.1, 0.15) is 5.60 Å². The van der Waals surface area contributed by atoms with Crippen molar-refractivity contribution in [2.45, 2.75) is 53.6 Å². The molecule has 24 heavy (non-hydrogen) atoms. The first-order valence-corrected chi connectivity index (χ1v) is 8.04. The van der Waals surface area contributed by atoms with Gasteiger partial charge in [-0.1, -0.05) is 51.1 Å². The molecular formula is C20H26N2O2. The molecule has 1 aromatic carbocycles. The zero-order valence-electron chi connectivity index (χ0n) is 15.4. The monoisotopic (exact) mass is 326 g/mol. The van der Waals surface area contributed by atoms with Crippen LogP contribution in [-0.4, -0.2) is 11.6 Å². The van der Waals surface area contributed by atoms with E-state index in [2.05, 4.69) is 12.1 Å². The van der Waals surface area contributed by atoms with Crippen LogP contribution >= 0.6 is 0 Å². The number of carbonyl (C=O) groups is 1. The van der Waals surface area contributed by atoms with Gasteiger partial charge in [0.25, 0.3) is 0 Å². The van der Waals surface area contributed by atoms with Gasteiger partial charge in [-0.3, -0.25) is 4.79 Å². The molecule has 0 N–H and O–H groups in total. The normalized spacial score (nSPS) is 15.5. The summed E-state index contributed by atoms with van der Waals surface area (Å²) in [6, 6.07) is 13.6. The van der Waals surface area contributed by atoms with Crippen molar-refractivity contribution in [1.82, 2.24) is 0 Å². The van der Waals surface area contributed by atoms with Gasteiger partial charge in [-0.2, -0.15) is 10.5 Å². The van der Waals surface area contributed by atoms with Crippen molar-refractivity contribution >= 4 is 5.97 Å². The predicted molar refractivity (Wildman–Crippen MR) is 92.6 cm³/mol. The number of hydrogen-bond donors (Lipinski definition) is 0. The Bertz CT molecular complexity index is 654. The molecule has 4 nitrogen and oxygen atoms in total. The topological polar surface area (TPSA) is 73.9 Å². The second-order valence-electron chi connectivity index (χ2n) is 8.18. The summed E-state index contributed by atoms with van der Waals surface area (Å²) in [5, 5.41) is 19.7. The Balaban J connectivity index is 3.46. The van der Waals surface area contributed by atoms with Crippen LogP contribution in [0.2, 0.25) is 0 Å². The summed E-state index contributed by atoms with van der Waals surface area (Å²) < 4.78 is 5.53. The summed E-state index contributed by atoms with van der Waals surface area (Å²) in [5.41, 5.74) is -2.00. The second-order valence-corrected chi connectivity index (χ2v) is 8.18. The average molecular weight is 326 g/mol. The number of nitriles is 2. The van der Waals surface area contributed by atoms with E-state index in [1.165, 1.54) is 0 Å². The summed E-state index contributed by atoms with van der Waals surface area (Å²) >= 11 is 0. The molecule has 0 aliphatic carbocycles. The lowest BCUT2D eigenvalue weighted by molar-refractivity contribution is -0.168. The van der Waals surface area contributed by atoms with Crippen molar-refractivity contribution in [1.29, 1.82) is 10.5 Å². The Morgan fingerprint density at radius 2 is 1.62 bits per heavy atom. The molecular weight excluding hydrogens is 300 g/mol. The average Bonchev–Trinajstić information content (AvgIpc) is 2.44. The van der Waals surface area contributed by atoms with Gasteiger partial charge < -0.3 is 4.74 Å². The Morgan fingerprint density at radius 3 is 2.00 bits per heavy atom. The molecule has 0 aliphatic rings. The lowest BCUT2D eigenvalue weighted by atomic mass is 9.62. The highest BCUT2D eigenvalue weighted by molar-refractivity contribution is 5.82. The van der Waals surface area contributed by atoms with Gasteiger partial charge in [-0.15, -0.1) is 0 Å². The third-order valence-corrected chi connectivity index (χ3v) is 3.78. The van der Waals surface area contributed by atoms with Crippen LogP contribution in [-0.2, 0) is 16.0 Å². The zero-order chi connectivity index (χ0) is 18.6. The zero-order valence-corrected chi connectivity index (χ0v) is 15.4. The Labute approximate surface area is 145 Å². The third-order valence-electron chi connectivity index (χ3n) is 3.78. The molecule has 1 aromatic rings. The van der Waals surface area contributed by atoms with E-state index in [0.717, 1.165) is 5.56 Å². The van der Waals surface area contributed by atoms with E-state index in [9.17, 15) is 15.3 Å². The van der Waals surface area contributed by atoms with Gasteiger partial charge in [0.15, 0.2) is 5.41 Å². The van der Waals surface area contributed by atoms with E-state index in [0.29, 0.717) is 0 Å². The third kappa shape index (κ3) is 4.59. The van der Waals surface area contributed by atoms with E-state index in [1.807, 2.05) is 51.1 Å². The fraction of sp³-hybridized carbons (Fsp3) is 0.550. The van der Waals surface area contributed by atoms with Gasteiger partial charge in [0.05, 0.1) is 18.1 Å². The van der Waals surface area contributed by atoms with Crippen molar-refractivity contribution in [3.05, 3.63) is 35.9 Å². The number of rotatable bonds is 4. The first-order chi connectivity index (χ1) is 11.0. The molecule has 0 saturated heterocycles. The molecule has 0 fully saturated rings. The summed E-state index contributed by atoms with van der Waals surface area (Å²) in [6.07, 6.45) is 0.148. The van der Waals surface area contributed by atoms with Crippen LogP contribution in [0.15, 0.2) is 30.3 Å². The lowest BCUT2D eigenvalue weighted by Gasteiger charge is -2.38. The first-order valence-electron chi connectivity index (χ1n) is 8.04. The Kier molecular flexibility index (Phi) is 5.80. The van der Waals surface area contributed by atoms with Gasteiger partial charge in [-0.05, 0) is 31.7 Å². The van der Waals surface area contributed by atoms with Crippen LogP contribution in [0.3, 0.4) is 0 Å². The standard InChI is InChI=1S/C20H26N2O2/c1-18(2,3)16(13-21)20(14-22,17(23)24-19(4,5)6)12-15-10-8-7-9-11-15/h7-11,16H,12H2,1-6H3/t16-,20-/m0/s1. The van der Waals surface area contributed by atoms with E-state index in [4.69, 9.17) is 4.74 Å². The molecule has 0 amide bonds. The van der Waals surface area contributed by atoms with Gasteiger partial charge in [-0.25, -0.2) is 0 Å². The number of ether oxygens (including phenoxy) is 1. The van der Waals surface area contributed by atoms with Crippen LogP contribution < -0.4 is 0 Å². The van der Waals surface area contributed by atoms with Gasteiger partial charge in [0.2, 0.25) is 0 Å². The van der Waals surface area contributed by atoms with Crippen LogP contribution in [0.25, 0.3) is 0 Å². The Morgan fingerprint density at radius 1 is 1.08 bits per heavy atom. The fourth-order valence-corrected chi connectivity index (χ4v) is 2.77. The van der Waals surface area contributed by atoms with Crippen molar-refractivity contribution in [2.75, 3.05) is 0 Å². The minimum absolute atomic E-state index is 0.148. The van der Waals surface area contributed by atoms with Crippen LogP contribution in [0.1, 0.15) is 47.1 Å². The predicted octanol–water partition coefficient (Wildman–Crippen LogP) is 4.27. The van der Waals surface area contributed by atoms with E-state index in [-0.39, 0.29) is 6.42 Å². The summed E-state index contributed by atoms with van der Waals surface area (Å²) in [7, 11) is 0. The largest absolute Gasteiger partial charge is 0.459 e. The van der Waals surface area contributed by atoms with E-state index < -0.39 is 28.3 Å². The second kappa shape index (κ2) is 7.05. The number of esters is 1. The highest BCUT2D eigenvalue weighted by Gasteiger charge is 2.53. The van der Waals surface area contributed by atoms with Crippen molar-refractivity contribution in [2.24, 2.45) is 16.7 Å². The van der Waals surface area contributed by atoms with E-state index >= 15 is 0 Å². The summed E-state index contributed by atoms with van der Waals surface area (Å²) in [5.74, 6) is -1.44. The van der Waals surface area contributed by atoms with Gasteiger partial charge >= 0.3 is 5.97 Å². The quantitative estimate of drug-likeness (QED) is 0.775. The maximum Gasteiger partial charge on any atom is 0.328 e. The van der Waals surface area contributed by atoms with Crippen molar-refractivity contribution in [3.63, 3.8) is 0 Å². The van der Waals surface area contributed by atoms with E-state index in [1.54, 1.807) is 20.8 Å². The molecule has 128 valence electrons.